The summed E-state index contributed by atoms with van der Waals surface area (Å²) < 4.78 is 26.9. The van der Waals surface area contributed by atoms with Gasteiger partial charge in [0.2, 0.25) is 10.0 Å². The van der Waals surface area contributed by atoms with Crippen LogP contribution in [0.15, 0.2) is 27.6 Å². The Labute approximate surface area is 110 Å². The molecule has 17 heavy (non-hydrogen) atoms. The van der Waals surface area contributed by atoms with Gasteiger partial charge in [-0.2, -0.15) is 4.72 Å². The third-order valence-corrected chi connectivity index (χ3v) is 4.63. The molecular weight excluding hydrogens is 304 g/mol. The molecule has 0 bridgehead atoms. The minimum Gasteiger partial charge on any atom is -0.399 e. The van der Waals surface area contributed by atoms with Crippen molar-refractivity contribution in [1.82, 2.24) is 4.72 Å². The summed E-state index contributed by atoms with van der Waals surface area (Å²) in [6.45, 7) is 3.21. The minimum absolute atomic E-state index is 0.107. The van der Waals surface area contributed by atoms with Crippen LogP contribution in [0.2, 0.25) is 0 Å². The van der Waals surface area contributed by atoms with Crippen LogP contribution in [0.4, 0.5) is 5.69 Å². The summed E-state index contributed by atoms with van der Waals surface area (Å²) in [7, 11) is -3.67. The Morgan fingerprint density at radius 1 is 1.47 bits per heavy atom. The quantitative estimate of drug-likeness (QED) is 0.659. The van der Waals surface area contributed by atoms with Crippen LogP contribution in [0.1, 0.15) is 13.8 Å². The molecule has 6 heteroatoms. The summed E-state index contributed by atoms with van der Waals surface area (Å²) in [5.74, 6) is 2.37. The van der Waals surface area contributed by atoms with Gasteiger partial charge in [-0.15, -0.1) is 6.42 Å². The molecule has 4 nitrogen and oxygen atoms in total. The van der Waals surface area contributed by atoms with E-state index in [1.807, 2.05) is 0 Å². The number of sulfonamides is 1. The highest BCUT2D eigenvalue weighted by atomic mass is 79.9. The molecule has 0 atom stereocenters. The van der Waals surface area contributed by atoms with Crippen molar-refractivity contribution in [3.05, 3.63) is 22.7 Å². The van der Waals surface area contributed by atoms with Crippen molar-refractivity contribution in [3.8, 4) is 12.3 Å². The van der Waals surface area contributed by atoms with Crippen molar-refractivity contribution >= 4 is 31.6 Å². The van der Waals surface area contributed by atoms with Crippen molar-refractivity contribution in [2.24, 2.45) is 0 Å². The third-order valence-electron chi connectivity index (χ3n) is 2.00. The minimum atomic E-state index is -3.67. The lowest BCUT2D eigenvalue weighted by Gasteiger charge is -2.20. The van der Waals surface area contributed by atoms with Crippen LogP contribution < -0.4 is 10.5 Å². The molecular formula is C11H13BrN2O2S. The van der Waals surface area contributed by atoms with Crippen molar-refractivity contribution in [2.45, 2.75) is 24.3 Å². The van der Waals surface area contributed by atoms with Gasteiger partial charge in [0.05, 0.1) is 10.4 Å². The van der Waals surface area contributed by atoms with E-state index in [0.717, 1.165) is 0 Å². The Morgan fingerprint density at radius 2 is 2.06 bits per heavy atom. The summed E-state index contributed by atoms with van der Waals surface area (Å²) >= 11 is 3.16. The van der Waals surface area contributed by atoms with Crippen LogP contribution in [0.5, 0.6) is 0 Å². The molecule has 0 aliphatic rings. The zero-order valence-electron chi connectivity index (χ0n) is 9.49. The van der Waals surface area contributed by atoms with Crippen molar-refractivity contribution in [3.63, 3.8) is 0 Å². The van der Waals surface area contributed by atoms with Gasteiger partial charge in [0.15, 0.2) is 0 Å². The van der Waals surface area contributed by atoms with Crippen molar-refractivity contribution in [2.75, 3.05) is 5.73 Å². The first-order valence-corrected chi connectivity index (χ1v) is 7.02. The topological polar surface area (TPSA) is 72.2 Å². The normalized spacial score (nSPS) is 12.1. The first-order valence-electron chi connectivity index (χ1n) is 4.75. The number of halogens is 1. The maximum atomic E-state index is 12.1. The van der Waals surface area contributed by atoms with Crippen molar-refractivity contribution in [1.29, 1.82) is 0 Å². The Hall–Kier alpha value is -1.03. The number of nitrogens with one attached hydrogen (secondary N) is 1. The monoisotopic (exact) mass is 316 g/mol. The van der Waals surface area contributed by atoms with Crippen LogP contribution in [0.25, 0.3) is 0 Å². The summed E-state index contributed by atoms with van der Waals surface area (Å²) in [5, 5.41) is 0. The first kappa shape index (κ1) is 14.0. The molecule has 0 amide bonds. The molecule has 0 fully saturated rings. The molecule has 0 heterocycles. The lowest BCUT2D eigenvalue weighted by Crippen LogP contribution is -2.42. The fourth-order valence-corrected chi connectivity index (χ4v) is 3.59. The molecule has 3 N–H and O–H groups in total. The zero-order valence-corrected chi connectivity index (χ0v) is 11.9. The second-order valence-electron chi connectivity index (χ2n) is 4.06. The van der Waals surface area contributed by atoms with Gasteiger partial charge < -0.3 is 5.73 Å². The average Bonchev–Trinajstić information content (AvgIpc) is 2.15. The molecule has 0 unspecified atom stereocenters. The Balaban J connectivity index is 3.20. The number of anilines is 1. The van der Waals surface area contributed by atoms with E-state index < -0.39 is 15.6 Å². The molecule has 0 radical (unpaired) electrons. The van der Waals surface area contributed by atoms with Gasteiger partial charge in [0.25, 0.3) is 0 Å². The molecule has 0 spiro atoms. The number of hydrogen-bond acceptors (Lipinski definition) is 3. The van der Waals surface area contributed by atoms with Gasteiger partial charge >= 0.3 is 0 Å². The third kappa shape index (κ3) is 3.46. The van der Waals surface area contributed by atoms with E-state index in [1.165, 1.54) is 18.2 Å². The Morgan fingerprint density at radius 3 is 2.53 bits per heavy atom. The van der Waals surface area contributed by atoms with E-state index in [2.05, 4.69) is 26.6 Å². The molecule has 92 valence electrons. The molecule has 1 aromatic rings. The zero-order chi connectivity index (χ0) is 13.3. The second kappa shape index (κ2) is 4.69. The smallest absolute Gasteiger partial charge is 0.242 e. The number of rotatable bonds is 3. The maximum absolute atomic E-state index is 12.1. The number of benzene rings is 1. The van der Waals surface area contributed by atoms with Crippen LogP contribution in [0, 0.1) is 12.3 Å². The number of nitrogens with two attached hydrogens (primary N) is 1. The van der Waals surface area contributed by atoms with E-state index in [4.69, 9.17) is 12.2 Å². The van der Waals surface area contributed by atoms with E-state index in [0.29, 0.717) is 10.2 Å². The predicted molar refractivity (Wildman–Crippen MR) is 71.8 cm³/mol. The highest BCUT2D eigenvalue weighted by Gasteiger charge is 2.25. The molecule has 1 rings (SSSR count). The van der Waals surface area contributed by atoms with Crippen LogP contribution in [-0.4, -0.2) is 14.0 Å². The van der Waals surface area contributed by atoms with E-state index in [9.17, 15) is 8.42 Å². The lowest BCUT2D eigenvalue weighted by molar-refractivity contribution is 0.538. The standard InChI is InChI=1S/C11H13BrN2O2S/c1-4-11(2,3)14-17(15,16)10-6-5-8(13)7-9(10)12/h1,5-7,14H,13H2,2-3H3. The maximum Gasteiger partial charge on any atom is 0.242 e. The lowest BCUT2D eigenvalue weighted by atomic mass is 10.1. The molecule has 0 saturated carbocycles. The summed E-state index contributed by atoms with van der Waals surface area (Å²) in [4.78, 5) is 0.107. The van der Waals surface area contributed by atoms with Gasteiger partial charge in [-0.05, 0) is 48.0 Å². The molecule has 0 aliphatic carbocycles. The number of terminal acetylenes is 1. The summed E-state index contributed by atoms with van der Waals surface area (Å²) in [5.41, 5.74) is 5.08. The Bertz CT molecular complexity index is 574. The fourth-order valence-electron chi connectivity index (χ4n) is 1.16. The van der Waals surface area contributed by atoms with Crippen LogP contribution in [-0.2, 0) is 10.0 Å². The summed E-state index contributed by atoms with van der Waals surface area (Å²) in [6.07, 6.45) is 5.25. The highest BCUT2D eigenvalue weighted by molar-refractivity contribution is 9.10. The molecule has 0 aliphatic heterocycles. The van der Waals surface area contributed by atoms with Gasteiger partial charge in [0, 0.05) is 10.2 Å². The highest BCUT2D eigenvalue weighted by Crippen LogP contribution is 2.25. The van der Waals surface area contributed by atoms with Gasteiger partial charge in [-0.3, -0.25) is 0 Å². The summed E-state index contributed by atoms with van der Waals surface area (Å²) in [6, 6.07) is 4.47. The second-order valence-corrected chi connectivity index (χ2v) is 6.57. The Kier molecular flexibility index (Phi) is 3.87. The van der Waals surface area contributed by atoms with Gasteiger partial charge in [-0.1, -0.05) is 5.92 Å². The molecule has 0 saturated heterocycles. The van der Waals surface area contributed by atoms with Gasteiger partial charge in [0.1, 0.15) is 0 Å². The fraction of sp³-hybridized carbons (Fsp3) is 0.273. The van der Waals surface area contributed by atoms with E-state index >= 15 is 0 Å². The van der Waals surface area contributed by atoms with Gasteiger partial charge in [-0.25, -0.2) is 8.42 Å². The number of nitrogen functional groups attached to an aromatic ring is 1. The SMILES string of the molecule is C#CC(C)(C)NS(=O)(=O)c1ccc(N)cc1Br. The number of hydrogen-bond donors (Lipinski definition) is 2. The van der Waals surface area contributed by atoms with E-state index in [1.54, 1.807) is 13.8 Å². The molecule has 0 aromatic heterocycles. The first-order chi connectivity index (χ1) is 7.68. The largest absolute Gasteiger partial charge is 0.399 e. The molecule has 1 aromatic carbocycles. The van der Waals surface area contributed by atoms with Crippen LogP contribution >= 0.6 is 15.9 Å². The average molecular weight is 317 g/mol. The van der Waals surface area contributed by atoms with E-state index in [-0.39, 0.29) is 4.90 Å². The predicted octanol–water partition coefficient (Wildman–Crippen LogP) is 1.72. The van der Waals surface area contributed by atoms with Crippen molar-refractivity contribution < 1.29 is 8.42 Å². The van der Waals surface area contributed by atoms with Crippen LogP contribution in [0.3, 0.4) is 0 Å².